The second-order valence-corrected chi connectivity index (χ2v) is 6.44. The highest BCUT2D eigenvalue weighted by Crippen LogP contribution is 2.39. The first-order chi connectivity index (χ1) is 12.4. The Kier molecular flexibility index (Phi) is 6.93. The Bertz CT molecular complexity index is 764. The molecule has 7 nitrogen and oxygen atoms in total. The largest absolute Gasteiger partial charge is 0.490 e. The van der Waals surface area contributed by atoms with Gasteiger partial charge in [-0.25, -0.2) is 0 Å². The number of carbonyl (C=O) groups excluding carboxylic acids is 3. The monoisotopic (exact) mass is 399 g/mol. The van der Waals surface area contributed by atoms with Crippen molar-refractivity contribution in [1.29, 1.82) is 0 Å². The summed E-state index contributed by atoms with van der Waals surface area (Å²) >= 11 is 7.00. The van der Waals surface area contributed by atoms with E-state index < -0.39 is 23.7 Å². The van der Waals surface area contributed by atoms with Crippen LogP contribution < -0.4 is 9.47 Å². The third-order valence-electron chi connectivity index (χ3n) is 3.31. The summed E-state index contributed by atoms with van der Waals surface area (Å²) in [4.78, 5) is 36.7. The van der Waals surface area contributed by atoms with E-state index in [9.17, 15) is 14.4 Å². The van der Waals surface area contributed by atoms with Crippen LogP contribution in [-0.4, -0.2) is 48.9 Å². The van der Waals surface area contributed by atoms with Gasteiger partial charge in [0.05, 0.1) is 30.3 Å². The van der Waals surface area contributed by atoms with Crippen LogP contribution in [0.2, 0.25) is 5.02 Å². The highest BCUT2D eigenvalue weighted by Gasteiger charge is 2.36. The van der Waals surface area contributed by atoms with Crippen molar-refractivity contribution in [1.82, 2.24) is 4.90 Å². The maximum absolute atomic E-state index is 12.4. The van der Waals surface area contributed by atoms with Gasteiger partial charge in [-0.05, 0) is 49.4 Å². The molecule has 2 amide bonds. The first-order valence-corrected chi connectivity index (χ1v) is 9.02. The van der Waals surface area contributed by atoms with Crippen LogP contribution in [0.25, 0.3) is 6.08 Å². The summed E-state index contributed by atoms with van der Waals surface area (Å²) < 4.78 is 15.5. The molecule has 0 bridgehead atoms. The lowest BCUT2D eigenvalue weighted by Gasteiger charge is -2.13. The van der Waals surface area contributed by atoms with E-state index >= 15 is 0 Å². The Balaban J connectivity index is 2.33. The van der Waals surface area contributed by atoms with Crippen molar-refractivity contribution in [2.75, 3.05) is 26.9 Å². The van der Waals surface area contributed by atoms with Gasteiger partial charge in [-0.2, -0.15) is 0 Å². The third kappa shape index (κ3) is 4.50. The van der Waals surface area contributed by atoms with Crippen LogP contribution in [0, 0.1) is 0 Å². The molecule has 2 rings (SSSR count). The number of carbonyl (C=O) groups is 3. The standard InChI is InChI=1S/C17H18ClNO6S/c1-4-24-12-7-10(6-11(18)15(12)25-5-2)8-13-16(21)19(17(22)26-13)9-14(20)23-3/h6-8H,4-5,9H2,1-3H3/b13-8+. The van der Waals surface area contributed by atoms with Crippen molar-refractivity contribution in [3.05, 3.63) is 27.6 Å². The van der Waals surface area contributed by atoms with Crippen molar-refractivity contribution in [3.8, 4) is 11.5 Å². The number of methoxy groups -OCH3 is 1. The molecular weight excluding hydrogens is 382 g/mol. The second-order valence-electron chi connectivity index (χ2n) is 5.04. The van der Waals surface area contributed by atoms with Crippen LogP contribution in [0.4, 0.5) is 4.79 Å². The molecule has 0 radical (unpaired) electrons. The number of benzene rings is 1. The molecule has 1 aliphatic rings. The minimum absolute atomic E-state index is 0.182. The maximum atomic E-state index is 12.4. The lowest BCUT2D eigenvalue weighted by atomic mass is 10.1. The predicted octanol–water partition coefficient (Wildman–Crippen LogP) is 3.35. The molecule has 1 heterocycles. The predicted molar refractivity (Wildman–Crippen MR) is 98.5 cm³/mol. The number of thioether (sulfide) groups is 1. The Labute approximate surface area is 160 Å². The minimum Gasteiger partial charge on any atom is -0.490 e. The molecule has 0 saturated carbocycles. The van der Waals surface area contributed by atoms with Gasteiger partial charge in [-0.15, -0.1) is 0 Å². The number of nitrogens with zero attached hydrogens (tertiary/aromatic N) is 1. The SMILES string of the molecule is CCOc1cc(/C=C2/SC(=O)N(CC(=O)OC)C2=O)cc(Cl)c1OCC. The number of hydrogen-bond acceptors (Lipinski definition) is 7. The average Bonchev–Trinajstić information content (AvgIpc) is 2.85. The van der Waals surface area contributed by atoms with Crippen molar-refractivity contribution in [2.24, 2.45) is 0 Å². The Morgan fingerprint density at radius 1 is 1.23 bits per heavy atom. The summed E-state index contributed by atoms with van der Waals surface area (Å²) in [5.41, 5.74) is 0.575. The van der Waals surface area contributed by atoms with Gasteiger partial charge in [0.1, 0.15) is 6.54 Å². The Morgan fingerprint density at radius 3 is 2.54 bits per heavy atom. The van der Waals surface area contributed by atoms with Gasteiger partial charge in [0.2, 0.25) is 0 Å². The summed E-state index contributed by atoms with van der Waals surface area (Å²) in [5, 5.41) is -0.202. The zero-order valence-corrected chi connectivity index (χ0v) is 16.1. The van der Waals surface area contributed by atoms with Crippen LogP contribution in [-0.2, 0) is 14.3 Å². The summed E-state index contributed by atoms with van der Waals surface area (Å²) in [6, 6.07) is 3.29. The smallest absolute Gasteiger partial charge is 0.325 e. The van der Waals surface area contributed by atoms with E-state index in [2.05, 4.69) is 4.74 Å². The van der Waals surface area contributed by atoms with E-state index in [0.29, 0.717) is 35.3 Å². The molecule has 1 aromatic carbocycles. The van der Waals surface area contributed by atoms with Crippen LogP contribution in [0.3, 0.4) is 0 Å². The lowest BCUT2D eigenvalue weighted by Crippen LogP contribution is -2.34. The highest BCUT2D eigenvalue weighted by atomic mass is 35.5. The molecule has 0 spiro atoms. The van der Waals surface area contributed by atoms with Crippen molar-refractivity contribution in [2.45, 2.75) is 13.8 Å². The number of amides is 2. The molecule has 0 aliphatic carbocycles. The molecule has 1 saturated heterocycles. The molecule has 1 fully saturated rings. The first-order valence-electron chi connectivity index (χ1n) is 7.82. The molecule has 140 valence electrons. The van der Waals surface area contributed by atoms with Crippen LogP contribution in [0.15, 0.2) is 17.0 Å². The molecule has 1 aliphatic heterocycles. The molecule has 0 unspecified atom stereocenters. The third-order valence-corrected chi connectivity index (χ3v) is 4.49. The zero-order valence-electron chi connectivity index (χ0n) is 14.5. The summed E-state index contributed by atoms with van der Waals surface area (Å²) in [6.45, 7) is 4.07. The molecule has 1 aromatic rings. The molecule has 0 aromatic heterocycles. The van der Waals surface area contributed by atoms with E-state index in [0.717, 1.165) is 16.7 Å². The number of hydrogen-bond donors (Lipinski definition) is 0. The lowest BCUT2D eigenvalue weighted by molar-refractivity contribution is -0.143. The normalized spacial score (nSPS) is 15.5. The van der Waals surface area contributed by atoms with E-state index in [-0.39, 0.29) is 4.91 Å². The Morgan fingerprint density at radius 2 is 1.92 bits per heavy atom. The fourth-order valence-electron chi connectivity index (χ4n) is 2.20. The van der Waals surface area contributed by atoms with Crippen molar-refractivity contribution < 1.29 is 28.6 Å². The fraction of sp³-hybridized carbons (Fsp3) is 0.353. The average molecular weight is 400 g/mol. The number of esters is 1. The van der Waals surface area contributed by atoms with Gasteiger partial charge in [-0.1, -0.05) is 11.6 Å². The summed E-state index contributed by atoms with van der Waals surface area (Å²) in [7, 11) is 1.19. The molecule has 0 atom stereocenters. The van der Waals surface area contributed by atoms with E-state index in [1.807, 2.05) is 13.8 Å². The van der Waals surface area contributed by atoms with Crippen LogP contribution in [0.1, 0.15) is 19.4 Å². The van der Waals surface area contributed by atoms with Crippen molar-refractivity contribution >= 4 is 46.6 Å². The van der Waals surface area contributed by atoms with Crippen molar-refractivity contribution in [3.63, 3.8) is 0 Å². The minimum atomic E-state index is -0.670. The first kappa shape index (κ1) is 20.1. The molecule has 9 heteroatoms. The fourth-order valence-corrected chi connectivity index (χ4v) is 3.31. The topological polar surface area (TPSA) is 82.1 Å². The summed E-state index contributed by atoms with van der Waals surface area (Å²) in [6.07, 6.45) is 1.52. The van der Waals surface area contributed by atoms with E-state index in [1.54, 1.807) is 12.1 Å². The van der Waals surface area contributed by atoms with Gasteiger partial charge in [0.25, 0.3) is 11.1 Å². The molecule has 0 N–H and O–H groups in total. The molecule has 26 heavy (non-hydrogen) atoms. The summed E-state index contributed by atoms with van der Waals surface area (Å²) in [5.74, 6) is -0.362. The van der Waals surface area contributed by atoms with Gasteiger partial charge in [0.15, 0.2) is 11.5 Å². The van der Waals surface area contributed by atoms with Crippen LogP contribution in [0.5, 0.6) is 11.5 Å². The number of halogens is 1. The van der Waals surface area contributed by atoms with Crippen LogP contribution >= 0.6 is 23.4 Å². The quantitative estimate of drug-likeness (QED) is 0.513. The maximum Gasteiger partial charge on any atom is 0.325 e. The second kappa shape index (κ2) is 8.95. The molecular formula is C17H18ClNO6S. The Hall–Kier alpha value is -2.19. The number of rotatable bonds is 7. The van der Waals surface area contributed by atoms with Gasteiger partial charge in [0, 0.05) is 0 Å². The van der Waals surface area contributed by atoms with Gasteiger partial charge < -0.3 is 14.2 Å². The zero-order chi connectivity index (χ0) is 19.3. The van der Waals surface area contributed by atoms with Gasteiger partial charge >= 0.3 is 5.97 Å². The van der Waals surface area contributed by atoms with E-state index in [1.165, 1.54) is 13.2 Å². The number of ether oxygens (including phenoxy) is 3. The number of imide groups is 1. The van der Waals surface area contributed by atoms with E-state index in [4.69, 9.17) is 21.1 Å². The highest BCUT2D eigenvalue weighted by molar-refractivity contribution is 8.18. The van der Waals surface area contributed by atoms with Gasteiger partial charge in [-0.3, -0.25) is 19.3 Å².